The average molecular weight is 286 g/mol. The second-order valence-electron chi connectivity index (χ2n) is 4.80. The van der Waals surface area contributed by atoms with E-state index in [1.54, 1.807) is 0 Å². The molecule has 1 aromatic heterocycles. The Balaban J connectivity index is 1.82. The summed E-state index contributed by atoms with van der Waals surface area (Å²) in [6, 6.07) is 13.5. The first-order valence-corrected chi connectivity index (χ1v) is 8.13. The van der Waals surface area contributed by atoms with Crippen LogP contribution < -0.4 is 5.32 Å². The van der Waals surface area contributed by atoms with Gasteiger partial charge in [0.1, 0.15) is 0 Å². The first kappa shape index (κ1) is 15.1. The molecule has 1 aromatic carbocycles. The van der Waals surface area contributed by atoms with E-state index in [-0.39, 0.29) is 0 Å². The van der Waals surface area contributed by atoms with Gasteiger partial charge in [0.25, 0.3) is 0 Å². The molecule has 2 nitrogen and oxygen atoms in total. The van der Waals surface area contributed by atoms with Gasteiger partial charge >= 0.3 is 0 Å². The number of benzene rings is 1. The summed E-state index contributed by atoms with van der Waals surface area (Å²) in [5.41, 5.74) is 2.70. The van der Waals surface area contributed by atoms with E-state index >= 15 is 0 Å². The lowest BCUT2D eigenvalue weighted by atomic mass is 10.1. The van der Waals surface area contributed by atoms with Crippen molar-refractivity contribution in [1.29, 1.82) is 0 Å². The molecule has 3 heteroatoms. The molecule has 2 rings (SSSR count). The van der Waals surface area contributed by atoms with Crippen molar-refractivity contribution in [1.82, 2.24) is 10.3 Å². The third kappa shape index (κ3) is 4.66. The molecule has 0 amide bonds. The van der Waals surface area contributed by atoms with Gasteiger partial charge in [-0.1, -0.05) is 19.1 Å². The predicted octanol–water partition coefficient (Wildman–Crippen LogP) is 4.09. The molecule has 0 aliphatic carbocycles. The minimum Gasteiger partial charge on any atom is -0.310 e. The molecule has 0 aliphatic heterocycles. The van der Waals surface area contributed by atoms with Crippen LogP contribution in [-0.4, -0.2) is 17.3 Å². The van der Waals surface area contributed by atoms with Gasteiger partial charge < -0.3 is 5.32 Å². The standard InChI is InChI=1S/C17H22N2S/c1-3-19-14(2)16-4-6-17(7-5-16)20-13-10-15-8-11-18-12-9-15/h4-9,11-12,14,19H,3,10,13H2,1-2H3. The van der Waals surface area contributed by atoms with Gasteiger partial charge in [0, 0.05) is 29.1 Å². The highest BCUT2D eigenvalue weighted by Crippen LogP contribution is 2.21. The van der Waals surface area contributed by atoms with E-state index in [0.29, 0.717) is 6.04 Å². The summed E-state index contributed by atoms with van der Waals surface area (Å²) in [7, 11) is 0. The topological polar surface area (TPSA) is 24.9 Å². The molecular weight excluding hydrogens is 264 g/mol. The summed E-state index contributed by atoms with van der Waals surface area (Å²) >= 11 is 1.91. The maximum Gasteiger partial charge on any atom is 0.0291 e. The van der Waals surface area contributed by atoms with Crippen molar-refractivity contribution in [3.05, 3.63) is 59.9 Å². The lowest BCUT2D eigenvalue weighted by Gasteiger charge is -2.13. The van der Waals surface area contributed by atoms with Crippen LogP contribution in [0.2, 0.25) is 0 Å². The van der Waals surface area contributed by atoms with E-state index in [2.05, 4.69) is 60.5 Å². The Labute approximate surface area is 126 Å². The lowest BCUT2D eigenvalue weighted by molar-refractivity contribution is 0.598. The highest BCUT2D eigenvalue weighted by molar-refractivity contribution is 7.99. The minimum absolute atomic E-state index is 0.427. The van der Waals surface area contributed by atoms with E-state index in [4.69, 9.17) is 0 Å². The number of hydrogen-bond donors (Lipinski definition) is 1. The van der Waals surface area contributed by atoms with Crippen LogP contribution in [0.5, 0.6) is 0 Å². The van der Waals surface area contributed by atoms with Crippen LogP contribution in [0.1, 0.15) is 31.0 Å². The van der Waals surface area contributed by atoms with Crippen molar-refractivity contribution < 1.29 is 0 Å². The molecule has 2 aromatic rings. The Morgan fingerprint density at radius 3 is 2.45 bits per heavy atom. The smallest absolute Gasteiger partial charge is 0.0291 e. The number of nitrogens with zero attached hydrogens (tertiary/aromatic N) is 1. The van der Waals surface area contributed by atoms with Crippen LogP contribution >= 0.6 is 11.8 Å². The Hall–Kier alpha value is -1.32. The number of aryl methyl sites for hydroxylation is 1. The molecule has 1 atom stereocenters. The summed E-state index contributed by atoms with van der Waals surface area (Å²) < 4.78 is 0. The maximum atomic E-state index is 4.04. The van der Waals surface area contributed by atoms with Crippen LogP contribution in [0, 0.1) is 0 Å². The fraction of sp³-hybridized carbons (Fsp3) is 0.353. The summed E-state index contributed by atoms with van der Waals surface area (Å²) in [4.78, 5) is 5.38. The SMILES string of the molecule is CCNC(C)c1ccc(SCCc2ccncc2)cc1. The van der Waals surface area contributed by atoms with Crippen molar-refractivity contribution in [3.63, 3.8) is 0 Å². The normalized spacial score (nSPS) is 12.3. The van der Waals surface area contributed by atoms with Crippen molar-refractivity contribution in [2.24, 2.45) is 0 Å². The molecular formula is C17H22N2S. The fourth-order valence-corrected chi connectivity index (χ4v) is 3.01. The van der Waals surface area contributed by atoms with Gasteiger partial charge in [-0.05, 0) is 55.3 Å². The molecule has 0 fully saturated rings. The molecule has 0 spiro atoms. The number of hydrogen-bond acceptors (Lipinski definition) is 3. The predicted molar refractivity (Wildman–Crippen MR) is 87.2 cm³/mol. The largest absolute Gasteiger partial charge is 0.310 e. The van der Waals surface area contributed by atoms with Gasteiger partial charge in [0.05, 0.1) is 0 Å². The van der Waals surface area contributed by atoms with E-state index in [0.717, 1.165) is 18.7 Å². The van der Waals surface area contributed by atoms with Crippen molar-refractivity contribution in [2.75, 3.05) is 12.3 Å². The zero-order valence-corrected chi connectivity index (χ0v) is 13.0. The van der Waals surface area contributed by atoms with Gasteiger partial charge in [-0.25, -0.2) is 0 Å². The van der Waals surface area contributed by atoms with E-state index in [9.17, 15) is 0 Å². The highest BCUT2D eigenvalue weighted by atomic mass is 32.2. The number of aromatic nitrogens is 1. The summed E-state index contributed by atoms with van der Waals surface area (Å²) in [6.07, 6.45) is 4.80. The number of rotatable bonds is 7. The Bertz CT molecular complexity index is 496. The molecule has 0 bridgehead atoms. The third-order valence-corrected chi connectivity index (χ3v) is 4.31. The molecule has 0 radical (unpaired) electrons. The van der Waals surface area contributed by atoms with Crippen molar-refractivity contribution in [3.8, 4) is 0 Å². The summed E-state index contributed by atoms with van der Waals surface area (Å²) in [5, 5.41) is 3.43. The molecule has 1 N–H and O–H groups in total. The Kier molecular flexibility index (Phi) is 6.09. The first-order valence-electron chi connectivity index (χ1n) is 7.14. The Morgan fingerprint density at radius 2 is 1.80 bits per heavy atom. The quantitative estimate of drug-likeness (QED) is 0.776. The van der Waals surface area contributed by atoms with Crippen LogP contribution in [-0.2, 0) is 6.42 Å². The third-order valence-electron chi connectivity index (χ3n) is 3.30. The first-order chi connectivity index (χ1) is 9.79. The molecule has 1 unspecified atom stereocenters. The van der Waals surface area contributed by atoms with Crippen LogP contribution in [0.4, 0.5) is 0 Å². The maximum absolute atomic E-state index is 4.04. The fourth-order valence-electron chi connectivity index (χ4n) is 2.11. The molecule has 106 valence electrons. The van der Waals surface area contributed by atoms with Gasteiger partial charge in [-0.15, -0.1) is 11.8 Å². The highest BCUT2D eigenvalue weighted by Gasteiger charge is 2.03. The van der Waals surface area contributed by atoms with Crippen molar-refractivity contribution in [2.45, 2.75) is 31.2 Å². The number of nitrogens with one attached hydrogen (secondary N) is 1. The van der Waals surface area contributed by atoms with Crippen LogP contribution in [0.15, 0.2) is 53.7 Å². The molecule has 0 saturated carbocycles. The average Bonchev–Trinajstić information content (AvgIpc) is 2.49. The van der Waals surface area contributed by atoms with Gasteiger partial charge in [0.15, 0.2) is 0 Å². The summed E-state index contributed by atoms with van der Waals surface area (Å²) in [6.45, 7) is 5.35. The van der Waals surface area contributed by atoms with E-state index < -0.39 is 0 Å². The van der Waals surface area contributed by atoms with Crippen LogP contribution in [0.3, 0.4) is 0 Å². The molecule has 1 heterocycles. The Morgan fingerprint density at radius 1 is 1.10 bits per heavy atom. The lowest BCUT2D eigenvalue weighted by Crippen LogP contribution is -2.17. The minimum atomic E-state index is 0.427. The van der Waals surface area contributed by atoms with Gasteiger partial charge in [-0.2, -0.15) is 0 Å². The molecule has 20 heavy (non-hydrogen) atoms. The summed E-state index contributed by atoms with van der Waals surface area (Å²) in [5.74, 6) is 1.10. The van der Waals surface area contributed by atoms with E-state index in [1.165, 1.54) is 16.0 Å². The molecule has 0 aliphatic rings. The monoisotopic (exact) mass is 286 g/mol. The zero-order chi connectivity index (χ0) is 14.2. The van der Waals surface area contributed by atoms with Gasteiger partial charge in [-0.3, -0.25) is 4.98 Å². The second kappa shape index (κ2) is 8.08. The molecule has 0 saturated heterocycles. The number of thioether (sulfide) groups is 1. The van der Waals surface area contributed by atoms with Crippen molar-refractivity contribution >= 4 is 11.8 Å². The van der Waals surface area contributed by atoms with Crippen LogP contribution in [0.25, 0.3) is 0 Å². The number of pyridine rings is 1. The van der Waals surface area contributed by atoms with Gasteiger partial charge in [0.2, 0.25) is 0 Å². The van der Waals surface area contributed by atoms with E-state index in [1.807, 2.05) is 24.2 Å². The second-order valence-corrected chi connectivity index (χ2v) is 5.97. The zero-order valence-electron chi connectivity index (χ0n) is 12.2.